The molecular formula is C24H23N3O5S. The highest BCUT2D eigenvalue weighted by atomic mass is 32.1. The van der Waals surface area contributed by atoms with Gasteiger partial charge in [0.1, 0.15) is 6.61 Å². The van der Waals surface area contributed by atoms with Crippen molar-refractivity contribution in [2.75, 3.05) is 20.3 Å². The number of hydrogen-bond acceptors (Lipinski definition) is 8. The van der Waals surface area contributed by atoms with Gasteiger partial charge >= 0.3 is 0 Å². The molecule has 1 aliphatic heterocycles. The van der Waals surface area contributed by atoms with Crippen LogP contribution in [0.1, 0.15) is 37.3 Å². The van der Waals surface area contributed by atoms with Crippen molar-refractivity contribution in [3.63, 3.8) is 0 Å². The van der Waals surface area contributed by atoms with Crippen molar-refractivity contribution < 1.29 is 18.9 Å². The molecule has 0 bridgehead atoms. The smallest absolute Gasteiger partial charge is 0.291 e. The minimum atomic E-state index is -0.469. The van der Waals surface area contributed by atoms with Gasteiger partial charge in [-0.25, -0.2) is 0 Å². The highest BCUT2D eigenvalue weighted by Crippen LogP contribution is 2.35. The fraction of sp³-hybridized carbons (Fsp3) is 0.292. The van der Waals surface area contributed by atoms with Crippen LogP contribution in [0.25, 0.3) is 11.0 Å². The fourth-order valence-electron chi connectivity index (χ4n) is 3.50. The summed E-state index contributed by atoms with van der Waals surface area (Å²) in [5.74, 6) is 3.07. The molecule has 0 unspecified atom stereocenters. The fourth-order valence-corrected chi connectivity index (χ4v) is 4.42. The number of unbranched alkanes of at least 4 members (excludes halogenated alkanes) is 1. The minimum Gasteiger partial charge on any atom is -0.493 e. The summed E-state index contributed by atoms with van der Waals surface area (Å²) >= 11 is 1.28. The van der Waals surface area contributed by atoms with Crippen molar-refractivity contribution in [3.8, 4) is 23.0 Å². The van der Waals surface area contributed by atoms with E-state index in [0.717, 1.165) is 18.4 Å². The number of benzene rings is 2. The number of thiazole rings is 1. The largest absolute Gasteiger partial charge is 0.493 e. The third kappa shape index (κ3) is 4.23. The normalized spacial score (nSPS) is 15.7. The Kier molecular flexibility index (Phi) is 5.87. The highest BCUT2D eigenvalue weighted by Gasteiger charge is 2.27. The SMILES string of the molecule is CCCCOc1ccc(/C=c2/sc3nc([C@H]4COc5ccccc5O4)nn3c2=O)cc1OC. The van der Waals surface area contributed by atoms with Crippen LogP contribution in [0.4, 0.5) is 0 Å². The van der Waals surface area contributed by atoms with Gasteiger partial charge in [-0.1, -0.05) is 42.9 Å². The van der Waals surface area contributed by atoms with Crippen molar-refractivity contribution in [1.29, 1.82) is 0 Å². The average molecular weight is 466 g/mol. The van der Waals surface area contributed by atoms with E-state index in [1.54, 1.807) is 13.2 Å². The van der Waals surface area contributed by atoms with Gasteiger partial charge in [-0.05, 0) is 42.3 Å². The van der Waals surface area contributed by atoms with Gasteiger partial charge in [0.05, 0.1) is 18.2 Å². The molecule has 2 aromatic heterocycles. The van der Waals surface area contributed by atoms with E-state index in [-0.39, 0.29) is 12.2 Å². The molecule has 2 aromatic carbocycles. The predicted octanol–water partition coefficient (Wildman–Crippen LogP) is 3.40. The van der Waals surface area contributed by atoms with E-state index < -0.39 is 6.10 Å². The molecule has 4 aromatic rings. The van der Waals surface area contributed by atoms with E-state index in [1.807, 2.05) is 42.5 Å². The summed E-state index contributed by atoms with van der Waals surface area (Å²) in [5.41, 5.74) is 0.602. The molecule has 170 valence electrons. The van der Waals surface area contributed by atoms with Crippen LogP contribution in [0.15, 0.2) is 47.3 Å². The minimum absolute atomic E-state index is 0.229. The van der Waals surface area contributed by atoms with E-state index >= 15 is 0 Å². The van der Waals surface area contributed by atoms with Crippen molar-refractivity contribution in [1.82, 2.24) is 14.6 Å². The van der Waals surface area contributed by atoms with Crippen molar-refractivity contribution in [3.05, 3.63) is 68.7 Å². The highest BCUT2D eigenvalue weighted by molar-refractivity contribution is 7.15. The second-order valence-corrected chi connectivity index (χ2v) is 8.57. The molecule has 9 heteroatoms. The molecule has 0 fully saturated rings. The summed E-state index contributed by atoms with van der Waals surface area (Å²) in [6.07, 6.45) is 3.37. The van der Waals surface area contributed by atoms with E-state index in [1.165, 1.54) is 15.9 Å². The van der Waals surface area contributed by atoms with Gasteiger partial charge in [-0.15, -0.1) is 5.10 Å². The van der Waals surface area contributed by atoms with Crippen LogP contribution in [-0.4, -0.2) is 34.9 Å². The first-order chi connectivity index (χ1) is 16.2. The molecular weight excluding hydrogens is 442 g/mol. The maximum absolute atomic E-state index is 12.9. The van der Waals surface area contributed by atoms with Crippen LogP contribution in [0.5, 0.6) is 23.0 Å². The maximum atomic E-state index is 12.9. The monoisotopic (exact) mass is 465 g/mol. The number of hydrogen-bond donors (Lipinski definition) is 0. The van der Waals surface area contributed by atoms with Gasteiger partial charge in [0.15, 0.2) is 34.9 Å². The Labute approximate surface area is 194 Å². The number of nitrogens with zero attached hydrogens (tertiary/aromatic N) is 3. The molecule has 33 heavy (non-hydrogen) atoms. The number of ether oxygens (including phenoxy) is 4. The molecule has 3 heterocycles. The van der Waals surface area contributed by atoms with Crippen LogP contribution in [0.2, 0.25) is 0 Å². The Morgan fingerprint density at radius 3 is 2.85 bits per heavy atom. The first-order valence-corrected chi connectivity index (χ1v) is 11.6. The van der Waals surface area contributed by atoms with Gasteiger partial charge < -0.3 is 18.9 Å². The molecule has 0 saturated carbocycles. The Hall–Kier alpha value is -3.59. The molecule has 5 rings (SSSR count). The second-order valence-electron chi connectivity index (χ2n) is 7.56. The second kappa shape index (κ2) is 9.11. The molecule has 0 amide bonds. The Morgan fingerprint density at radius 2 is 2.06 bits per heavy atom. The van der Waals surface area contributed by atoms with E-state index in [2.05, 4.69) is 17.0 Å². The maximum Gasteiger partial charge on any atom is 0.291 e. The van der Waals surface area contributed by atoms with Crippen LogP contribution < -0.4 is 29.0 Å². The summed E-state index contributed by atoms with van der Waals surface area (Å²) in [6, 6.07) is 13.1. The third-order valence-corrected chi connectivity index (χ3v) is 6.19. The first kappa shape index (κ1) is 21.3. The predicted molar refractivity (Wildman–Crippen MR) is 125 cm³/mol. The molecule has 0 N–H and O–H groups in total. The Bertz CT molecular complexity index is 1400. The summed E-state index contributed by atoms with van der Waals surface area (Å²) in [7, 11) is 1.60. The lowest BCUT2D eigenvalue weighted by Gasteiger charge is -2.24. The zero-order valence-corrected chi connectivity index (χ0v) is 19.1. The zero-order chi connectivity index (χ0) is 22.8. The summed E-state index contributed by atoms with van der Waals surface area (Å²) in [4.78, 5) is 18.0. The van der Waals surface area contributed by atoms with Gasteiger partial charge in [0.25, 0.3) is 5.56 Å². The topological polar surface area (TPSA) is 84.2 Å². The molecule has 8 nitrogen and oxygen atoms in total. The molecule has 1 atom stereocenters. The molecule has 0 spiro atoms. The average Bonchev–Trinajstić information content (AvgIpc) is 3.39. The Balaban J connectivity index is 1.41. The number of para-hydroxylation sites is 2. The lowest BCUT2D eigenvalue weighted by atomic mass is 10.2. The number of aromatic nitrogens is 3. The molecule has 0 radical (unpaired) electrons. The van der Waals surface area contributed by atoms with Crippen molar-refractivity contribution in [2.24, 2.45) is 0 Å². The van der Waals surface area contributed by atoms with Gasteiger partial charge in [-0.3, -0.25) is 4.79 Å². The van der Waals surface area contributed by atoms with Gasteiger partial charge in [-0.2, -0.15) is 9.50 Å². The Morgan fingerprint density at radius 1 is 1.21 bits per heavy atom. The van der Waals surface area contributed by atoms with Gasteiger partial charge in [0.2, 0.25) is 4.96 Å². The summed E-state index contributed by atoms with van der Waals surface area (Å²) in [6.45, 7) is 3.04. The molecule has 1 aliphatic rings. The molecule has 0 aliphatic carbocycles. The van der Waals surface area contributed by atoms with Crippen molar-refractivity contribution >= 4 is 22.4 Å². The lowest BCUT2D eigenvalue weighted by Crippen LogP contribution is -2.26. The van der Waals surface area contributed by atoms with Gasteiger partial charge in [0, 0.05) is 0 Å². The number of methoxy groups -OCH3 is 1. The number of rotatable bonds is 7. The number of fused-ring (bicyclic) bond motifs is 2. The summed E-state index contributed by atoms with van der Waals surface area (Å²) in [5, 5.41) is 4.39. The first-order valence-electron chi connectivity index (χ1n) is 10.8. The summed E-state index contributed by atoms with van der Waals surface area (Å²) < 4.78 is 24.8. The van der Waals surface area contributed by atoms with Crippen LogP contribution in [0.3, 0.4) is 0 Å². The van der Waals surface area contributed by atoms with E-state index in [4.69, 9.17) is 18.9 Å². The lowest BCUT2D eigenvalue weighted by molar-refractivity contribution is 0.0852. The van der Waals surface area contributed by atoms with E-state index in [0.29, 0.717) is 44.9 Å². The standard InChI is InChI=1S/C24H23N3O5S/c1-3-4-11-30-17-10-9-15(12-19(17)29-2)13-21-23(28)27-24(33-21)25-22(26-27)20-14-31-16-7-5-6-8-18(16)32-20/h5-10,12-13,20H,3-4,11,14H2,1-2H3/b21-13+/t20-/m1/s1. The van der Waals surface area contributed by atoms with Crippen molar-refractivity contribution in [2.45, 2.75) is 25.9 Å². The van der Waals surface area contributed by atoms with Crippen LogP contribution >= 0.6 is 11.3 Å². The van der Waals surface area contributed by atoms with E-state index in [9.17, 15) is 4.79 Å². The third-order valence-electron chi connectivity index (χ3n) is 5.24. The van der Waals surface area contributed by atoms with Crippen LogP contribution in [0, 0.1) is 0 Å². The zero-order valence-electron chi connectivity index (χ0n) is 18.3. The quantitative estimate of drug-likeness (QED) is 0.387. The van der Waals surface area contributed by atoms with Crippen LogP contribution in [-0.2, 0) is 0 Å². The molecule has 0 saturated heterocycles.